The molecule has 0 aliphatic heterocycles. The first-order valence-corrected chi connectivity index (χ1v) is 7.95. The van der Waals surface area contributed by atoms with Crippen molar-refractivity contribution in [2.45, 2.75) is 37.7 Å². The van der Waals surface area contributed by atoms with Gasteiger partial charge in [-0.1, -0.05) is 13.0 Å². The second-order valence-corrected chi connectivity index (χ2v) is 6.15. The zero-order valence-corrected chi connectivity index (χ0v) is 12.8. The molecule has 0 radical (unpaired) electrons. The summed E-state index contributed by atoms with van der Waals surface area (Å²) in [5, 5.41) is 28.3. The number of aromatic hydroxyl groups is 1. The second kappa shape index (κ2) is 7.44. The lowest BCUT2D eigenvalue weighted by Gasteiger charge is -2.11. The van der Waals surface area contributed by atoms with E-state index < -0.39 is 16.2 Å². The van der Waals surface area contributed by atoms with Crippen LogP contribution in [0.5, 0.6) is 5.75 Å². The molecule has 0 saturated heterocycles. The predicted molar refractivity (Wildman–Crippen MR) is 77.6 cm³/mol. The zero-order chi connectivity index (χ0) is 16.0. The normalized spacial score (nSPS) is 14.1. The third-order valence-electron chi connectivity index (χ3n) is 2.83. The van der Waals surface area contributed by atoms with Crippen LogP contribution in [-0.2, 0) is 14.3 Å². The van der Waals surface area contributed by atoms with Crippen molar-refractivity contribution in [3.63, 3.8) is 0 Å². The summed E-state index contributed by atoms with van der Waals surface area (Å²) in [5.74, 6) is -0.377. The number of aliphatic hydroxyl groups is 2. The molecule has 1 atom stereocenters. The van der Waals surface area contributed by atoms with Gasteiger partial charge in [0.1, 0.15) is 22.5 Å². The van der Waals surface area contributed by atoms with Crippen LogP contribution < -0.4 is 0 Å². The molecule has 0 aromatic heterocycles. The monoisotopic (exact) mass is 316 g/mol. The van der Waals surface area contributed by atoms with E-state index >= 15 is 0 Å². The minimum absolute atomic E-state index is 0.0561. The van der Waals surface area contributed by atoms with Gasteiger partial charge in [0.2, 0.25) is 0 Å². The Balaban J connectivity index is 2.70. The molecule has 0 saturated carbocycles. The van der Waals surface area contributed by atoms with Gasteiger partial charge in [0.15, 0.2) is 0 Å². The number of aryl methyl sites for hydroxylation is 1. The average Bonchev–Trinajstić information content (AvgIpc) is 2.41. The number of hydrogen-bond donors (Lipinski definition) is 3. The Morgan fingerprint density at radius 3 is 2.71 bits per heavy atom. The third kappa shape index (κ3) is 5.04. The summed E-state index contributed by atoms with van der Waals surface area (Å²) in [6.07, 6.45) is 0.785. The number of allylic oxidation sites excluding steroid dienone is 1. The van der Waals surface area contributed by atoms with E-state index in [2.05, 4.69) is 0 Å². The Bertz CT molecular complexity index is 606. The molecule has 0 bridgehead atoms. The number of benzene rings is 1. The molecule has 1 rings (SSSR count). The fraction of sp³-hybridized carbons (Fsp3) is 0.429. The van der Waals surface area contributed by atoms with Crippen LogP contribution in [0.25, 0.3) is 0 Å². The summed E-state index contributed by atoms with van der Waals surface area (Å²) in [6, 6.07) is 3.96. The number of rotatable bonds is 7. The Labute approximate surface area is 124 Å². The minimum atomic E-state index is -4.02. The van der Waals surface area contributed by atoms with Gasteiger partial charge in [0.25, 0.3) is 10.1 Å². The van der Waals surface area contributed by atoms with Gasteiger partial charge in [-0.25, -0.2) is 0 Å². The van der Waals surface area contributed by atoms with Crippen molar-refractivity contribution in [2.24, 2.45) is 0 Å². The highest BCUT2D eigenvalue weighted by Gasteiger charge is 2.19. The van der Waals surface area contributed by atoms with E-state index in [4.69, 9.17) is 4.18 Å². The molecule has 0 aliphatic rings. The smallest absolute Gasteiger partial charge is 0.297 e. The maximum absolute atomic E-state index is 12.0. The van der Waals surface area contributed by atoms with Crippen LogP contribution in [0.15, 0.2) is 34.9 Å². The molecule has 0 heterocycles. The van der Waals surface area contributed by atoms with Crippen LogP contribution in [0.4, 0.5) is 0 Å². The lowest BCUT2D eigenvalue weighted by Crippen LogP contribution is -2.16. The van der Waals surface area contributed by atoms with Crippen LogP contribution in [0.3, 0.4) is 0 Å². The second-order valence-electron chi connectivity index (χ2n) is 4.57. The lowest BCUT2D eigenvalue weighted by atomic mass is 10.2. The quantitative estimate of drug-likeness (QED) is 0.525. The molecule has 3 N–H and O–H groups in total. The third-order valence-corrected chi connectivity index (χ3v) is 4.28. The van der Waals surface area contributed by atoms with Crippen molar-refractivity contribution in [1.29, 1.82) is 0 Å². The maximum atomic E-state index is 12.0. The zero-order valence-electron chi connectivity index (χ0n) is 12.0. The summed E-state index contributed by atoms with van der Waals surface area (Å²) in [5.41, 5.74) is 0.446. The first-order chi connectivity index (χ1) is 9.77. The van der Waals surface area contributed by atoms with E-state index in [1.165, 1.54) is 18.2 Å². The molecule has 1 unspecified atom stereocenters. The molecule has 7 heteroatoms. The summed E-state index contributed by atoms with van der Waals surface area (Å²) in [6.45, 7) is 3.11. The van der Waals surface area contributed by atoms with Crippen LogP contribution >= 0.6 is 0 Å². The fourth-order valence-corrected chi connectivity index (χ4v) is 2.85. The van der Waals surface area contributed by atoms with Crippen molar-refractivity contribution in [1.82, 2.24) is 0 Å². The molecular weight excluding hydrogens is 296 g/mol. The van der Waals surface area contributed by atoms with Gasteiger partial charge in [-0.2, -0.15) is 8.42 Å². The molecule has 1 aromatic carbocycles. The lowest BCUT2D eigenvalue weighted by molar-refractivity contribution is 0.125. The summed E-state index contributed by atoms with van der Waals surface area (Å²) >= 11 is 0. The van der Waals surface area contributed by atoms with Crippen LogP contribution in [0.1, 0.15) is 25.3 Å². The van der Waals surface area contributed by atoms with Gasteiger partial charge >= 0.3 is 0 Å². The SMILES string of the molecule is CCC=C(O)C(O)CCOS(=O)(=O)c1cc(O)ccc1C. The van der Waals surface area contributed by atoms with E-state index in [0.717, 1.165) is 6.07 Å². The van der Waals surface area contributed by atoms with Gasteiger partial charge in [-0.15, -0.1) is 0 Å². The number of hydrogen-bond acceptors (Lipinski definition) is 6. The number of aliphatic hydroxyl groups excluding tert-OH is 2. The van der Waals surface area contributed by atoms with Gasteiger partial charge in [-0.3, -0.25) is 4.18 Å². The standard InChI is InChI=1S/C14H20O6S/c1-3-4-12(16)13(17)7-8-20-21(18,19)14-9-11(15)6-5-10(14)2/h4-6,9,13,15-17H,3,7-8H2,1-2H3. The van der Waals surface area contributed by atoms with Crippen molar-refractivity contribution in [3.05, 3.63) is 35.6 Å². The van der Waals surface area contributed by atoms with Crippen LogP contribution in [0, 0.1) is 6.92 Å². The molecule has 6 nitrogen and oxygen atoms in total. The summed E-state index contributed by atoms with van der Waals surface area (Å²) in [7, 11) is -4.02. The summed E-state index contributed by atoms with van der Waals surface area (Å²) < 4.78 is 28.8. The Kier molecular flexibility index (Phi) is 6.19. The van der Waals surface area contributed by atoms with Gasteiger partial charge < -0.3 is 15.3 Å². The molecule has 118 valence electrons. The van der Waals surface area contributed by atoms with Crippen molar-refractivity contribution >= 4 is 10.1 Å². The van der Waals surface area contributed by atoms with Crippen molar-refractivity contribution in [3.8, 4) is 5.75 Å². The average molecular weight is 316 g/mol. The molecule has 0 fully saturated rings. The molecule has 21 heavy (non-hydrogen) atoms. The topological polar surface area (TPSA) is 104 Å². The largest absolute Gasteiger partial charge is 0.510 e. The maximum Gasteiger partial charge on any atom is 0.297 e. The number of phenols is 1. The molecule has 1 aromatic rings. The molecular formula is C14H20O6S. The van der Waals surface area contributed by atoms with E-state index in [9.17, 15) is 23.7 Å². The first kappa shape index (κ1) is 17.5. The van der Waals surface area contributed by atoms with E-state index in [1.807, 2.05) is 0 Å². The van der Waals surface area contributed by atoms with E-state index in [0.29, 0.717) is 12.0 Å². The van der Waals surface area contributed by atoms with Gasteiger partial charge in [0.05, 0.1) is 6.61 Å². The predicted octanol–water partition coefficient (Wildman–Crippen LogP) is 2.01. The highest BCUT2D eigenvalue weighted by Crippen LogP contribution is 2.22. The summed E-state index contributed by atoms with van der Waals surface area (Å²) in [4.78, 5) is -0.120. The van der Waals surface area contributed by atoms with Gasteiger partial charge in [-0.05, 0) is 31.1 Å². The van der Waals surface area contributed by atoms with Crippen LogP contribution in [0.2, 0.25) is 0 Å². The fourth-order valence-electron chi connectivity index (χ4n) is 1.68. The van der Waals surface area contributed by atoms with Gasteiger partial charge in [0, 0.05) is 12.5 Å². The van der Waals surface area contributed by atoms with Crippen LogP contribution in [-0.4, -0.2) is 36.4 Å². The first-order valence-electron chi connectivity index (χ1n) is 6.54. The Morgan fingerprint density at radius 2 is 2.10 bits per heavy atom. The highest BCUT2D eigenvalue weighted by molar-refractivity contribution is 7.86. The minimum Gasteiger partial charge on any atom is -0.510 e. The molecule has 0 aliphatic carbocycles. The Morgan fingerprint density at radius 1 is 1.43 bits per heavy atom. The van der Waals surface area contributed by atoms with Crippen molar-refractivity contribution in [2.75, 3.05) is 6.61 Å². The molecule has 0 amide bonds. The highest BCUT2D eigenvalue weighted by atomic mass is 32.2. The van der Waals surface area contributed by atoms with Crippen molar-refractivity contribution < 1.29 is 27.9 Å². The van der Waals surface area contributed by atoms with E-state index in [1.54, 1.807) is 13.8 Å². The van der Waals surface area contributed by atoms with E-state index in [-0.39, 0.29) is 29.4 Å². The number of phenolic OH excluding ortho intramolecular Hbond substituents is 1. The molecule has 0 spiro atoms. The Hall–Kier alpha value is -1.57.